The van der Waals surface area contributed by atoms with Gasteiger partial charge < -0.3 is 15.0 Å². The van der Waals surface area contributed by atoms with Gasteiger partial charge in [-0.15, -0.1) is 0 Å². The first-order valence-corrected chi connectivity index (χ1v) is 7.12. The molecule has 0 aliphatic heterocycles. The molecule has 0 radical (unpaired) electrons. The van der Waals surface area contributed by atoms with Crippen molar-refractivity contribution in [3.8, 4) is 0 Å². The highest BCUT2D eigenvalue weighted by Gasteiger charge is 2.03. The summed E-state index contributed by atoms with van der Waals surface area (Å²) in [5.74, 6) is 0. The molecule has 0 amide bonds. The van der Waals surface area contributed by atoms with Crippen LogP contribution in [0, 0.1) is 0 Å². The van der Waals surface area contributed by atoms with E-state index in [1.165, 1.54) is 16.5 Å². The SMILES string of the molecule is CCOCCCn1ccc2cc(CC(C)N)ccc21. The number of hydrogen-bond acceptors (Lipinski definition) is 2. The van der Waals surface area contributed by atoms with Gasteiger partial charge in [0.1, 0.15) is 0 Å². The number of rotatable bonds is 7. The highest BCUT2D eigenvalue weighted by molar-refractivity contribution is 5.80. The van der Waals surface area contributed by atoms with Crippen LogP contribution in [0.1, 0.15) is 25.8 Å². The third kappa shape index (κ3) is 3.82. The molecule has 1 atom stereocenters. The van der Waals surface area contributed by atoms with Crippen LogP contribution in [0.2, 0.25) is 0 Å². The zero-order valence-corrected chi connectivity index (χ0v) is 11.9. The zero-order chi connectivity index (χ0) is 13.7. The number of ether oxygens (including phenoxy) is 1. The van der Waals surface area contributed by atoms with Gasteiger partial charge in [-0.05, 0) is 55.8 Å². The summed E-state index contributed by atoms with van der Waals surface area (Å²) in [5, 5.41) is 1.30. The molecule has 0 saturated heterocycles. The summed E-state index contributed by atoms with van der Waals surface area (Å²) in [6, 6.07) is 9.03. The maximum atomic E-state index is 5.85. The molecule has 1 unspecified atom stereocenters. The topological polar surface area (TPSA) is 40.2 Å². The smallest absolute Gasteiger partial charge is 0.0482 e. The Kier molecular flexibility index (Phi) is 5.00. The van der Waals surface area contributed by atoms with E-state index in [4.69, 9.17) is 10.5 Å². The lowest BCUT2D eigenvalue weighted by Gasteiger charge is -2.08. The minimum atomic E-state index is 0.214. The van der Waals surface area contributed by atoms with Crippen LogP contribution >= 0.6 is 0 Å². The predicted molar refractivity (Wildman–Crippen MR) is 80.4 cm³/mol. The normalized spacial score (nSPS) is 13.0. The second-order valence-corrected chi connectivity index (χ2v) is 5.13. The van der Waals surface area contributed by atoms with Crippen molar-refractivity contribution in [2.45, 2.75) is 39.3 Å². The number of benzene rings is 1. The number of nitrogens with two attached hydrogens (primary N) is 1. The van der Waals surface area contributed by atoms with Crippen molar-refractivity contribution >= 4 is 10.9 Å². The first-order valence-electron chi connectivity index (χ1n) is 7.12. The Balaban J connectivity index is 2.06. The van der Waals surface area contributed by atoms with Gasteiger partial charge in [0.2, 0.25) is 0 Å². The van der Waals surface area contributed by atoms with E-state index in [0.717, 1.165) is 32.6 Å². The first kappa shape index (κ1) is 14.1. The molecule has 2 rings (SSSR count). The largest absolute Gasteiger partial charge is 0.382 e. The summed E-state index contributed by atoms with van der Waals surface area (Å²) in [7, 11) is 0. The molecule has 0 fully saturated rings. The molecule has 1 heterocycles. The number of hydrogen-bond donors (Lipinski definition) is 1. The van der Waals surface area contributed by atoms with Crippen LogP contribution in [0.25, 0.3) is 10.9 Å². The fraction of sp³-hybridized carbons (Fsp3) is 0.500. The lowest BCUT2D eigenvalue weighted by Crippen LogP contribution is -2.17. The molecule has 0 bridgehead atoms. The lowest BCUT2D eigenvalue weighted by molar-refractivity contribution is 0.142. The molecule has 3 heteroatoms. The molecule has 19 heavy (non-hydrogen) atoms. The van der Waals surface area contributed by atoms with E-state index in [0.29, 0.717) is 0 Å². The number of aromatic nitrogens is 1. The quantitative estimate of drug-likeness (QED) is 0.777. The summed E-state index contributed by atoms with van der Waals surface area (Å²) in [6.07, 6.45) is 4.15. The first-order chi connectivity index (χ1) is 9.20. The number of nitrogens with zero attached hydrogens (tertiary/aromatic N) is 1. The van der Waals surface area contributed by atoms with Crippen molar-refractivity contribution < 1.29 is 4.74 Å². The van der Waals surface area contributed by atoms with E-state index in [9.17, 15) is 0 Å². The maximum Gasteiger partial charge on any atom is 0.0482 e. The Morgan fingerprint density at radius 3 is 2.89 bits per heavy atom. The Labute approximate surface area is 115 Å². The molecule has 0 aliphatic carbocycles. The molecule has 3 nitrogen and oxygen atoms in total. The van der Waals surface area contributed by atoms with Crippen molar-refractivity contribution in [2.75, 3.05) is 13.2 Å². The van der Waals surface area contributed by atoms with Crippen molar-refractivity contribution in [3.63, 3.8) is 0 Å². The summed E-state index contributed by atoms with van der Waals surface area (Å²) < 4.78 is 7.68. The monoisotopic (exact) mass is 260 g/mol. The van der Waals surface area contributed by atoms with Gasteiger partial charge in [-0.1, -0.05) is 6.07 Å². The van der Waals surface area contributed by atoms with Gasteiger partial charge in [0.15, 0.2) is 0 Å². The van der Waals surface area contributed by atoms with Gasteiger partial charge in [0.05, 0.1) is 0 Å². The summed E-state index contributed by atoms with van der Waals surface area (Å²) in [5.41, 5.74) is 8.46. The van der Waals surface area contributed by atoms with E-state index >= 15 is 0 Å². The number of fused-ring (bicyclic) bond motifs is 1. The molecular weight excluding hydrogens is 236 g/mol. The van der Waals surface area contributed by atoms with Gasteiger partial charge in [-0.2, -0.15) is 0 Å². The third-order valence-corrected chi connectivity index (χ3v) is 3.28. The molecule has 0 spiro atoms. The van der Waals surface area contributed by atoms with Crippen LogP contribution in [0.5, 0.6) is 0 Å². The van der Waals surface area contributed by atoms with Crippen molar-refractivity contribution in [2.24, 2.45) is 5.73 Å². The van der Waals surface area contributed by atoms with Crippen LogP contribution in [0.4, 0.5) is 0 Å². The summed E-state index contributed by atoms with van der Waals surface area (Å²) in [6.45, 7) is 6.72. The Hall–Kier alpha value is -1.32. The standard InChI is InChI=1S/C16H24N2O/c1-3-19-10-4-8-18-9-7-15-12-14(11-13(2)17)5-6-16(15)18/h5-7,9,12-13H,3-4,8,10-11,17H2,1-2H3. The van der Waals surface area contributed by atoms with E-state index < -0.39 is 0 Å². The van der Waals surface area contributed by atoms with Crippen LogP contribution in [0.15, 0.2) is 30.5 Å². The minimum absolute atomic E-state index is 0.214. The highest BCUT2D eigenvalue weighted by atomic mass is 16.5. The fourth-order valence-electron chi connectivity index (χ4n) is 2.42. The van der Waals surface area contributed by atoms with E-state index in [-0.39, 0.29) is 6.04 Å². The van der Waals surface area contributed by atoms with Gasteiger partial charge >= 0.3 is 0 Å². The predicted octanol–water partition coefficient (Wildman–Crippen LogP) is 2.96. The van der Waals surface area contributed by atoms with Gasteiger partial charge in [-0.25, -0.2) is 0 Å². The molecule has 1 aromatic heterocycles. The zero-order valence-electron chi connectivity index (χ0n) is 11.9. The van der Waals surface area contributed by atoms with Gasteiger partial charge in [0.25, 0.3) is 0 Å². The van der Waals surface area contributed by atoms with Gasteiger partial charge in [-0.3, -0.25) is 0 Å². The average molecular weight is 260 g/mol. The lowest BCUT2D eigenvalue weighted by atomic mass is 10.1. The van der Waals surface area contributed by atoms with Crippen molar-refractivity contribution in [3.05, 3.63) is 36.0 Å². The average Bonchev–Trinajstić information content (AvgIpc) is 2.76. The van der Waals surface area contributed by atoms with E-state index in [2.05, 4.69) is 35.0 Å². The molecule has 104 valence electrons. The molecular formula is C16H24N2O. The van der Waals surface area contributed by atoms with Crippen LogP contribution in [0.3, 0.4) is 0 Å². The fourth-order valence-corrected chi connectivity index (χ4v) is 2.42. The van der Waals surface area contributed by atoms with Crippen molar-refractivity contribution in [1.82, 2.24) is 4.57 Å². The van der Waals surface area contributed by atoms with E-state index in [1.54, 1.807) is 0 Å². The molecule has 0 aliphatic rings. The summed E-state index contributed by atoms with van der Waals surface area (Å²) in [4.78, 5) is 0. The van der Waals surface area contributed by atoms with E-state index in [1.807, 2.05) is 13.8 Å². The Morgan fingerprint density at radius 2 is 2.16 bits per heavy atom. The molecule has 1 aromatic carbocycles. The second kappa shape index (κ2) is 6.73. The minimum Gasteiger partial charge on any atom is -0.382 e. The third-order valence-electron chi connectivity index (χ3n) is 3.28. The second-order valence-electron chi connectivity index (χ2n) is 5.13. The molecule has 2 N–H and O–H groups in total. The Bertz CT molecular complexity index is 516. The van der Waals surface area contributed by atoms with Crippen LogP contribution in [-0.4, -0.2) is 23.8 Å². The summed E-state index contributed by atoms with van der Waals surface area (Å²) >= 11 is 0. The number of aryl methyl sites for hydroxylation is 1. The molecule has 0 saturated carbocycles. The van der Waals surface area contributed by atoms with Crippen LogP contribution < -0.4 is 5.73 Å². The highest BCUT2D eigenvalue weighted by Crippen LogP contribution is 2.18. The maximum absolute atomic E-state index is 5.85. The molecule has 2 aromatic rings. The van der Waals surface area contributed by atoms with Crippen LogP contribution in [-0.2, 0) is 17.7 Å². The van der Waals surface area contributed by atoms with Crippen molar-refractivity contribution in [1.29, 1.82) is 0 Å². The Morgan fingerprint density at radius 1 is 1.32 bits per heavy atom. The van der Waals surface area contributed by atoms with Gasteiger partial charge in [0, 0.05) is 37.5 Å².